The summed E-state index contributed by atoms with van der Waals surface area (Å²) in [5.41, 5.74) is 0. The molecular formula is C20H31N3O3. The van der Waals surface area contributed by atoms with E-state index in [2.05, 4.69) is 15.5 Å². The van der Waals surface area contributed by atoms with Crippen molar-refractivity contribution in [3.63, 3.8) is 0 Å². The molecule has 0 aliphatic carbocycles. The average Bonchev–Trinajstić information content (AvgIpc) is 3.22. The predicted octanol–water partition coefficient (Wildman–Crippen LogP) is 1.65. The number of benzene rings is 1. The number of ether oxygens (including phenoxy) is 2. The van der Waals surface area contributed by atoms with Gasteiger partial charge in [-0.15, -0.1) is 0 Å². The molecular weight excluding hydrogens is 330 g/mol. The van der Waals surface area contributed by atoms with E-state index in [1.165, 1.54) is 12.8 Å². The van der Waals surface area contributed by atoms with Crippen LogP contribution in [-0.4, -0.2) is 63.3 Å². The van der Waals surface area contributed by atoms with Crippen LogP contribution in [0.3, 0.4) is 0 Å². The van der Waals surface area contributed by atoms with E-state index in [9.17, 15) is 4.79 Å². The molecule has 6 nitrogen and oxygen atoms in total. The highest BCUT2D eigenvalue weighted by Gasteiger charge is 2.24. The minimum atomic E-state index is 0.0175. The molecule has 26 heavy (non-hydrogen) atoms. The smallest absolute Gasteiger partial charge is 0.237 e. The SMILES string of the molecule is COc1ccccc1OCCN1CCCC(CNC(=O)C2CCCN2)C1. The molecule has 2 N–H and O–H groups in total. The number of likely N-dealkylation sites (tertiary alicyclic amines) is 1. The Hall–Kier alpha value is -1.79. The van der Waals surface area contributed by atoms with Gasteiger partial charge in [-0.3, -0.25) is 9.69 Å². The van der Waals surface area contributed by atoms with Gasteiger partial charge < -0.3 is 20.1 Å². The molecule has 1 amide bonds. The molecule has 2 fully saturated rings. The quantitative estimate of drug-likeness (QED) is 0.737. The van der Waals surface area contributed by atoms with Crippen LogP contribution in [0.25, 0.3) is 0 Å². The third-order valence-electron chi connectivity index (χ3n) is 5.28. The largest absolute Gasteiger partial charge is 0.493 e. The van der Waals surface area contributed by atoms with Crippen molar-refractivity contribution in [2.75, 3.05) is 46.4 Å². The Morgan fingerprint density at radius 2 is 2.12 bits per heavy atom. The van der Waals surface area contributed by atoms with Gasteiger partial charge in [-0.1, -0.05) is 12.1 Å². The molecule has 144 valence electrons. The van der Waals surface area contributed by atoms with Gasteiger partial charge in [0.2, 0.25) is 5.91 Å². The topological polar surface area (TPSA) is 62.8 Å². The van der Waals surface area contributed by atoms with Crippen LogP contribution in [0.2, 0.25) is 0 Å². The summed E-state index contributed by atoms with van der Waals surface area (Å²) in [7, 11) is 1.66. The number of piperidine rings is 1. The first-order chi connectivity index (χ1) is 12.8. The van der Waals surface area contributed by atoms with Crippen molar-refractivity contribution in [2.45, 2.75) is 31.7 Å². The third-order valence-corrected chi connectivity index (χ3v) is 5.28. The Morgan fingerprint density at radius 1 is 1.27 bits per heavy atom. The van der Waals surface area contributed by atoms with Gasteiger partial charge in [-0.2, -0.15) is 0 Å². The van der Waals surface area contributed by atoms with Crippen LogP contribution in [0.15, 0.2) is 24.3 Å². The van der Waals surface area contributed by atoms with E-state index in [0.717, 1.165) is 57.1 Å². The van der Waals surface area contributed by atoms with Gasteiger partial charge in [0.25, 0.3) is 0 Å². The molecule has 2 aliphatic rings. The number of nitrogens with one attached hydrogen (secondary N) is 2. The van der Waals surface area contributed by atoms with Gasteiger partial charge in [0.05, 0.1) is 13.2 Å². The fourth-order valence-electron chi connectivity index (χ4n) is 3.82. The molecule has 0 saturated carbocycles. The van der Waals surface area contributed by atoms with Crippen LogP contribution < -0.4 is 20.1 Å². The second kappa shape index (κ2) is 9.78. The van der Waals surface area contributed by atoms with Crippen LogP contribution in [0, 0.1) is 5.92 Å². The summed E-state index contributed by atoms with van der Waals surface area (Å²) >= 11 is 0. The number of rotatable bonds is 8. The highest BCUT2D eigenvalue weighted by molar-refractivity contribution is 5.81. The number of hydrogen-bond donors (Lipinski definition) is 2. The monoisotopic (exact) mass is 361 g/mol. The minimum Gasteiger partial charge on any atom is -0.493 e. The van der Waals surface area contributed by atoms with Gasteiger partial charge in [0, 0.05) is 19.6 Å². The van der Waals surface area contributed by atoms with E-state index in [0.29, 0.717) is 12.5 Å². The molecule has 2 unspecified atom stereocenters. The predicted molar refractivity (Wildman–Crippen MR) is 102 cm³/mol. The molecule has 2 aliphatic heterocycles. The number of carbonyl (C=O) groups excluding carboxylic acids is 1. The van der Waals surface area contributed by atoms with E-state index in [1.807, 2.05) is 24.3 Å². The number of carbonyl (C=O) groups is 1. The molecule has 2 atom stereocenters. The van der Waals surface area contributed by atoms with Crippen molar-refractivity contribution in [3.05, 3.63) is 24.3 Å². The Kier molecular flexibility index (Phi) is 7.14. The summed E-state index contributed by atoms with van der Waals surface area (Å²) in [5, 5.41) is 6.39. The second-order valence-corrected chi connectivity index (χ2v) is 7.20. The van der Waals surface area contributed by atoms with E-state index in [1.54, 1.807) is 7.11 Å². The molecule has 0 spiro atoms. The van der Waals surface area contributed by atoms with Crippen LogP contribution >= 0.6 is 0 Å². The lowest BCUT2D eigenvalue weighted by atomic mass is 9.98. The zero-order valence-electron chi connectivity index (χ0n) is 15.7. The van der Waals surface area contributed by atoms with Crippen LogP contribution in [0.1, 0.15) is 25.7 Å². The summed E-state index contributed by atoms with van der Waals surface area (Å²) in [5.74, 6) is 2.26. The molecule has 2 saturated heterocycles. The molecule has 0 bridgehead atoms. The van der Waals surface area contributed by atoms with E-state index in [-0.39, 0.29) is 11.9 Å². The van der Waals surface area contributed by atoms with Crippen molar-refractivity contribution in [3.8, 4) is 11.5 Å². The first-order valence-electron chi connectivity index (χ1n) is 9.75. The lowest BCUT2D eigenvalue weighted by molar-refractivity contribution is -0.123. The Bertz CT molecular complexity index is 575. The van der Waals surface area contributed by atoms with Crippen molar-refractivity contribution in [1.82, 2.24) is 15.5 Å². The fraction of sp³-hybridized carbons (Fsp3) is 0.650. The molecule has 2 heterocycles. The third kappa shape index (κ3) is 5.35. The van der Waals surface area contributed by atoms with Gasteiger partial charge in [0.15, 0.2) is 11.5 Å². The molecule has 0 aromatic heterocycles. The van der Waals surface area contributed by atoms with E-state index < -0.39 is 0 Å². The standard InChI is InChI=1S/C20H31N3O3/c1-25-18-8-2-3-9-19(18)26-13-12-23-11-5-6-16(15-23)14-22-20(24)17-7-4-10-21-17/h2-3,8-9,16-17,21H,4-7,10-15H2,1H3,(H,22,24). The van der Waals surface area contributed by atoms with Crippen LogP contribution in [0.5, 0.6) is 11.5 Å². The Labute approximate surface area is 156 Å². The second-order valence-electron chi connectivity index (χ2n) is 7.20. The fourth-order valence-corrected chi connectivity index (χ4v) is 3.82. The first kappa shape index (κ1) is 19.0. The number of hydrogen-bond acceptors (Lipinski definition) is 5. The van der Waals surface area contributed by atoms with Gasteiger partial charge in [-0.25, -0.2) is 0 Å². The minimum absolute atomic E-state index is 0.0175. The van der Waals surface area contributed by atoms with Gasteiger partial charge >= 0.3 is 0 Å². The lowest BCUT2D eigenvalue weighted by Crippen LogP contribution is -2.46. The van der Waals surface area contributed by atoms with Crippen LogP contribution in [-0.2, 0) is 4.79 Å². The number of amides is 1. The van der Waals surface area contributed by atoms with Crippen molar-refractivity contribution in [2.24, 2.45) is 5.92 Å². The highest BCUT2D eigenvalue weighted by Crippen LogP contribution is 2.25. The average molecular weight is 361 g/mol. The molecule has 6 heteroatoms. The van der Waals surface area contributed by atoms with Crippen molar-refractivity contribution in [1.29, 1.82) is 0 Å². The number of para-hydroxylation sites is 2. The van der Waals surface area contributed by atoms with Crippen molar-refractivity contribution < 1.29 is 14.3 Å². The van der Waals surface area contributed by atoms with E-state index in [4.69, 9.17) is 9.47 Å². The summed E-state index contributed by atoms with van der Waals surface area (Å²) in [6, 6.07) is 7.76. The Balaban J connectivity index is 1.37. The van der Waals surface area contributed by atoms with E-state index >= 15 is 0 Å². The molecule has 3 rings (SSSR count). The number of nitrogens with zero attached hydrogens (tertiary/aromatic N) is 1. The zero-order chi connectivity index (χ0) is 18.2. The summed E-state index contributed by atoms with van der Waals surface area (Å²) in [6.45, 7) is 5.40. The summed E-state index contributed by atoms with van der Waals surface area (Å²) < 4.78 is 11.2. The lowest BCUT2D eigenvalue weighted by Gasteiger charge is -2.32. The van der Waals surface area contributed by atoms with Crippen LogP contribution in [0.4, 0.5) is 0 Å². The summed E-state index contributed by atoms with van der Waals surface area (Å²) in [4.78, 5) is 14.6. The van der Waals surface area contributed by atoms with Gasteiger partial charge in [0.1, 0.15) is 6.61 Å². The van der Waals surface area contributed by atoms with Crippen molar-refractivity contribution >= 4 is 5.91 Å². The maximum atomic E-state index is 12.1. The maximum absolute atomic E-state index is 12.1. The first-order valence-corrected chi connectivity index (χ1v) is 9.75. The normalized spacial score (nSPS) is 23.6. The highest BCUT2D eigenvalue weighted by atomic mass is 16.5. The van der Waals surface area contributed by atoms with Gasteiger partial charge in [-0.05, 0) is 56.8 Å². The molecule has 0 radical (unpaired) electrons. The molecule has 1 aromatic carbocycles. The number of methoxy groups -OCH3 is 1. The Morgan fingerprint density at radius 3 is 2.88 bits per heavy atom. The summed E-state index contributed by atoms with van der Waals surface area (Å²) in [6.07, 6.45) is 4.42. The molecule has 1 aromatic rings. The zero-order valence-corrected chi connectivity index (χ0v) is 15.7. The maximum Gasteiger partial charge on any atom is 0.237 e.